The van der Waals surface area contributed by atoms with Gasteiger partial charge in [0.15, 0.2) is 0 Å². The van der Waals surface area contributed by atoms with Gasteiger partial charge in [-0.05, 0) is 23.6 Å². The average Bonchev–Trinajstić information content (AvgIpc) is 2.42. The van der Waals surface area contributed by atoms with E-state index in [1.54, 1.807) is 6.92 Å². The minimum atomic E-state index is -0.798. The summed E-state index contributed by atoms with van der Waals surface area (Å²) in [6.45, 7) is 3.78. The summed E-state index contributed by atoms with van der Waals surface area (Å²) in [5.74, 6) is -0.172. The molecule has 0 aromatic heterocycles. The smallest absolute Gasteiger partial charge is 0.434 e. The van der Waals surface area contributed by atoms with E-state index in [1.165, 1.54) is 0 Å². The quantitative estimate of drug-likeness (QED) is 0.612. The van der Waals surface area contributed by atoms with Crippen LogP contribution in [0, 0.1) is 5.92 Å². The van der Waals surface area contributed by atoms with Crippen molar-refractivity contribution in [1.82, 2.24) is 0 Å². The van der Waals surface area contributed by atoms with E-state index in [0.29, 0.717) is 6.42 Å². The molecule has 0 saturated carbocycles. The van der Waals surface area contributed by atoms with Gasteiger partial charge < -0.3 is 4.74 Å². The fraction of sp³-hybridized carbons (Fsp3) is 0.357. The van der Waals surface area contributed by atoms with Gasteiger partial charge in [-0.3, -0.25) is 4.79 Å². The van der Waals surface area contributed by atoms with Crippen molar-refractivity contribution < 1.29 is 14.3 Å². The minimum absolute atomic E-state index is 0.0437. The number of amides is 1. The van der Waals surface area contributed by atoms with Crippen molar-refractivity contribution in [2.24, 2.45) is 10.9 Å². The van der Waals surface area contributed by atoms with E-state index < -0.39 is 11.3 Å². The van der Waals surface area contributed by atoms with Crippen molar-refractivity contribution in [1.29, 1.82) is 0 Å². The Bertz CT molecular complexity index is 471. The number of ether oxygens (including phenoxy) is 1. The first-order valence-electron chi connectivity index (χ1n) is 6.03. The van der Waals surface area contributed by atoms with Gasteiger partial charge in [0.05, 0.1) is 0 Å². The van der Waals surface area contributed by atoms with Crippen LogP contribution in [0.1, 0.15) is 25.8 Å². The van der Waals surface area contributed by atoms with E-state index in [9.17, 15) is 9.59 Å². The Labute approximate surface area is 117 Å². The predicted octanol–water partition coefficient (Wildman–Crippen LogP) is 3.58. The van der Waals surface area contributed by atoms with E-state index in [0.717, 1.165) is 5.56 Å². The first-order chi connectivity index (χ1) is 9.04. The molecule has 102 valence electrons. The zero-order chi connectivity index (χ0) is 14.3. The summed E-state index contributed by atoms with van der Waals surface area (Å²) in [6, 6.07) is 9.23. The summed E-state index contributed by atoms with van der Waals surface area (Å²) in [7, 11) is 0. The van der Waals surface area contributed by atoms with Gasteiger partial charge in [-0.2, -0.15) is 4.99 Å². The lowest BCUT2D eigenvalue weighted by molar-refractivity contribution is -0.106. The maximum Gasteiger partial charge on any atom is 0.434 e. The maximum atomic E-state index is 11.5. The zero-order valence-corrected chi connectivity index (χ0v) is 11.7. The van der Waals surface area contributed by atoms with Crippen LogP contribution in [-0.4, -0.2) is 17.0 Å². The lowest BCUT2D eigenvalue weighted by Crippen LogP contribution is -2.19. The summed E-state index contributed by atoms with van der Waals surface area (Å²) in [4.78, 5) is 26.3. The van der Waals surface area contributed by atoms with Crippen LogP contribution in [0.15, 0.2) is 35.3 Å². The van der Waals surface area contributed by atoms with Gasteiger partial charge in [0.2, 0.25) is 0 Å². The van der Waals surface area contributed by atoms with E-state index in [2.05, 4.69) is 4.99 Å². The van der Waals surface area contributed by atoms with Crippen LogP contribution in [-0.2, 0) is 16.1 Å². The molecule has 1 rings (SSSR count). The maximum absolute atomic E-state index is 11.5. The number of benzene rings is 1. The average molecular weight is 282 g/mol. The highest BCUT2D eigenvalue weighted by atomic mass is 35.5. The van der Waals surface area contributed by atoms with Gasteiger partial charge in [-0.15, -0.1) is 0 Å². The molecule has 1 aromatic carbocycles. The lowest BCUT2D eigenvalue weighted by Gasteiger charge is -2.08. The summed E-state index contributed by atoms with van der Waals surface area (Å²) in [5, 5.41) is -0.717. The molecule has 0 heterocycles. The van der Waals surface area contributed by atoms with Crippen molar-refractivity contribution >= 4 is 28.6 Å². The van der Waals surface area contributed by atoms with Gasteiger partial charge in [0.1, 0.15) is 12.3 Å². The number of rotatable bonds is 5. The van der Waals surface area contributed by atoms with E-state index in [-0.39, 0.29) is 18.2 Å². The Morgan fingerprint density at radius 3 is 2.47 bits per heavy atom. The lowest BCUT2D eigenvalue weighted by atomic mass is 10.0. The van der Waals surface area contributed by atoms with Crippen molar-refractivity contribution in [2.45, 2.75) is 26.9 Å². The molecule has 4 nitrogen and oxygen atoms in total. The van der Waals surface area contributed by atoms with Crippen LogP contribution in [0.2, 0.25) is 0 Å². The number of carbonyl (C=O) groups is 2. The molecule has 0 aliphatic carbocycles. The van der Waals surface area contributed by atoms with Gasteiger partial charge in [0.25, 0.3) is 5.24 Å². The van der Waals surface area contributed by atoms with Crippen LogP contribution >= 0.6 is 11.6 Å². The second-order valence-corrected chi connectivity index (χ2v) is 4.46. The predicted molar refractivity (Wildman–Crippen MR) is 74.4 cm³/mol. The number of hydrogen-bond donors (Lipinski definition) is 0. The fourth-order valence-corrected chi connectivity index (χ4v) is 1.62. The summed E-state index contributed by atoms with van der Waals surface area (Å²) in [5.41, 5.74) is 0.899. The van der Waals surface area contributed by atoms with Crippen LogP contribution in [0.4, 0.5) is 4.79 Å². The Morgan fingerprint density at radius 1 is 1.32 bits per heavy atom. The van der Waals surface area contributed by atoms with E-state index >= 15 is 0 Å². The first-order valence-corrected chi connectivity index (χ1v) is 6.41. The fourth-order valence-electron chi connectivity index (χ4n) is 1.39. The van der Waals surface area contributed by atoms with Crippen LogP contribution in [0.5, 0.6) is 0 Å². The molecule has 0 saturated heterocycles. The highest BCUT2D eigenvalue weighted by Gasteiger charge is 2.17. The Hall–Kier alpha value is -1.68. The normalized spacial score (nSPS) is 12.9. The molecule has 19 heavy (non-hydrogen) atoms. The van der Waals surface area contributed by atoms with Crippen molar-refractivity contribution in [2.75, 3.05) is 0 Å². The van der Waals surface area contributed by atoms with Crippen LogP contribution in [0.25, 0.3) is 0 Å². The molecule has 0 fully saturated rings. The highest BCUT2D eigenvalue weighted by Crippen LogP contribution is 2.09. The summed E-state index contributed by atoms with van der Waals surface area (Å²) in [6.07, 6.45) is -0.128. The van der Waals surface area contributed by atoms with E-state index in [1.807, 2.05) is 37.3 Å². The van der Waals surface area contributed by atoms with Gasteiger partial charge >= 0.3 is 6.09 Å². The number of aliphatic imine (C=N–C) groups is 1. The zero-order valence-electron chi connectivity index (χ0n) is 10.9. The third-order valence-corrected chi connectivity index (χ3v) is 2.89. The Morgan fingerprint density at radius 2 is 1.95 bits per heavy atom. The van der Waals surface area contributed by atoms with Gasteiger partial charge in [0, 0.05) is 5.92 Å². The third-order valence-electron chi connectivity index (χ3n) is 2.70. The van der Waals surface area contributed by atoms with Crippen LogP contribution in [0.3, 0.4) is 0 Å². The SMILES string of the molecule is CCC(C)C(=NC(=O)OCc1ccccc1)C(=O)Cl. The number of hydrogen-bond acceptors (Lipinski definition) is 3. The Kier molecular flexibility index (Phi) is 6.22. The molecule has 5 heteroatoms. The highest BCUT2D eigenvalue weighted by molar-refractivity contribution is 6.82. The van der Waals surface area contributed by atoms with Gasteiger partial charge in [-0.1, -0.05) is 44.2 Å². The Balaban J connectivity index is 2.64. The van der Waals surface area contributed by atoms with Crippen molar-refractivity contribution in [3.63, 3.8) is 0 Å². The molecule has 0 spiro atoms. The molecule has 1 aromatic rings. The molecule has 1 atom stereocenters. The van der Waals surface area contributed by atoms with Crippen molar-refractivity contribution in [3.05, 3.63) is 35.9 Å². The van der Waals surface area contributed by atoms with E-state index in [4.69, 9.17) is 16.3 Å². The molecular formula is C14H16ClNO3. The van der Waals surface area contributed by atoms with Gasteiger partial charge in [-0.25, -0.2) is 4.79 Å². The molecule has 0 radical (unpaired) electrons. The van der Waals surface area contributed by atoms with Crippen LogP contribution < -0.4 is 0 Å². The monoisotopic (exact) mass is 281 g/mol. The molecule has 0 N–H and O–H groups in total. The summed E-state index contributed by atoms with van der Waals surface area (Å²) >= 11 is 5.40. The number of carbonyl (C=O) groups excluding carboxylic acids is 2. The standard InChI is InChI=1S/C14H16ClNO3/c1-3-10(2)12(13(15)17)16-14(18)19-9-11-7-5-4-6-8-11/h4-8,10H,3,9H2,1-2H3. The number of halogens is 1. The molecule has 0 aliphatic heterocycles. The molecular weight excluding hydrogens is 266 g/mol. The molecule has 1 amide bonds. The van der Waals surface area contributed by atoms with Crippen molar-refractivity contribution in [3.8, 4) is 0 Å². The number of nitrogens with zero attached hydrogens (tertiary/aromatic N) is 1. The second kappa shape index (κ2) is 7.69. The topological polar surface area (TPSA) is 55.7 Å². The largest absolute Gasteiger partial charge is 0.443 e. The molecule has 0 aliphatic rings. The summed E-state index contributed by atoms with van der Waals surface area (Å²) < 4.78 is 4.97. The minimum Gasteiger partial charge on any atom is -0.443 e. The second-order valence-electron chi connectivity index (χ2n) is 4.12. The molecule has 0 bridgehead atoms. The third kappa shape index (κ3) is 5.22. The first kappa shape index (κ1) is 15.4. The molecule has 1 unspecified atom stereocenters.